The van der Waals surface area contributed by atoms with Crippen molar-refractivity contribution in [2.75, 3.05) is 42.2 Å². The van der Waals surface area contributed by atoms with Crippen molar-refractivity contribution in [3.8, 4) is 21.7 Å². The smallest absolute Gasteiger partial charge is 0.241 e. The van der Waals surface area contributed by atoms with Crippen LogP contribution >= 0.6 is 11.3 Å². The Hall–Kier alpha value is -4.27. The van der Waals surface area contributed by atoms with Gasteiger partial charge in [-0.25, -0.2) is 23.2 Å². The van der Waals surface area contributed by atoms with Crippen LogP contribution in [0.3, 0.4) is 0 Å². The van der Waals surface area contributed by atoms with Crippen LogP contribution in [0.25, 0.3) is 37.4 Å². The Labute approximate surface area is 224 Å². The van der Waals surface area contributed by atoms with Gasteiger partial charge in [0.1, 0.15) is 12.1 Å². The lowest BCUT2D eigenvalue weighted by molar-refractivity contribution is 0.601. The maximum atomic E-state index is 12.0. The van der Waals surface area contributed by atoms with Crippen LogP contribution in [0, 0.1) is 6.57 Å². The molecule has 190 valence electrons. The number of hydrogen-bond acceptors (Lipinski definition) is 8. The molecule has 4 heterocycles. The van der Waals surface area contributed by atoms with E-state index in [2.05, 4.69) is 40.9 Å². The zero-order chi connectivity index (χ0) is 26.3. The Kier molecular flexibility index (Phi) is 6.06. The molecule has 6 rings (SSSR count). The average Bonchev–Trinajstić information content (AvgIpc) is 3.62. The number of anilines is 2. The lowest BCUT2D eigenvalue weighted by atomic mass is 10.0. The third-order valence-electron chi connectivity index (χ3n) is 6.70. The number of thiophene rings is 1. The molecule has 0 spiro atoms. The monoisotopic (exact) mass is 541 g/mol. The molecular weight excluding hydrogens is 518 g/mol. The van der Waals surface area contributed by atoms with Gasteiger partial charge in [-0.15, -0.1) is 0 Å². The Bertz CT molecular complexity index is 1800. The second kappa shape index (κ2) is 9.55. The summed E-state index contributed by atoms with van der Waals surface area (Å²) in [4.78, 5) is 18.4. The summed E-state index contributed by atoms with van der Waals surface area (Å²) >= 11 is 1.43. The van der Waals surface area contributed by atoms with Gasteiger partial charge in [-0.05, 0) is 42.0 Å². The highest BCUT2D eigenvalue weighted by molar-refractivity contribution is 7.90. The van der Waals surface area contributed by atoms with Crippen LogP contribution in [-0.2, 0) is 9.84 Å². The number of hydrogen-bond donors (Lipinski definition) is 1. The van der Waals surface area contributed by atoms with E-state index < -0.39 is 9.84 Å². The van der Waals surface area contributed by atoms with Gasteiger partial charge in [0, 0.05) is 53.9 Å². The molecule has 0 bridgehead atoms. The quantitative estimate of drug-likeness (QED) is 0.312. The fourth-order valence-corrected chi connectivity index (χ4v) is 6.23. The van der Waals surface area contributed by atoms with Crippen molar-refractivity contribution in [1.82, 2.24) is 20.2 Å². The number of piperazine rings is 1. The van der Waals surface area contributed by atoms with Crippen LogP contribution in [0.5, 0.6) is 0 Å². The van der Waals surface area contributed by atoms with Crippen LogP contribution in [0.4, 0.5) is 16.5 Å². The number of aromatic amines is 1. The lowest BCUT2D eigenvalue weighted by Gasteiger charge is -2.37. The molecule has 1 saturated heterocycles. The summed E-state index contributed by atoms with van der Waals surface area (Å²) in [6.45, 7) is 10.2. The SMILES string of the molecule is [C-]#[N+]c1ccc(-c2[nH]ncc2-c2ccc3ncnc(N4CCN(c5cccc(S(C)(=O)=O)c5)CC4)c3c2)s1. The molecular formula is C27H23N7O2S2. The van der Waals surface area contributed by atoms with E-state index in [4.69, 9.17) is 6.57 Å². The highest BCUT2D eigenvalue weighted by Crippen LogP contribution is 2.38. The van der Waals surface area contributed by atoms with Gasteiger partial charge >= 0.3 is 0 Å². The van der Waals surface area contributed by atoms with Crippen LogP contribution in [0.1, 0.15) is 0 Å². The molecule has 1 fully saturated rings. The summed E-state index contributed by atoms with van der Waals surface area (Å²) in [6, 6.07) is 17.0. The molecule has 3 aromatic heterocycles. The summed E-state index contributed by atoms with van der Waals surface area (Å²) in [6.07, 6.45) is 4.64. The number of nitrogens with one attached hydrogen (secondary N) is 1. The van der Waals surface area contributed by atoms with Crippen molar-refractivity contribution in [1.29, 1.82) is 0 Å². The first-order valence-electron chi connectivity index (χ1n) is 12.0. The minimum atomic E-state index is -3.26. The first-order chi connectivity index (χ1) is 18.4. The summed E-state index contributed by atoms with van der Waals surface area (Å²) < 4.78 is 24.0. The Morgan fingerprint density at radius 3 is 2.58 bits per heavy atom. The summed E-state index contributed by atoms with van der Waals surface area (Å²) in [7, 11) is -3.26. The van der Waals surface area contributed by atoms with E-state index in [9.17, 15) is 8.42 Å². The largest absolute Gasteiger partial charge is 0.368 e. The summed E-state index contributed by atoms with van der Waals surface area (Å²) in [5.41, 5.74) is 4.60. The van der Waals surface area contributed by atoms with Crippen molar-refractivity contribution >= 4 is 48.6 Å². The standard InChI is InChI=1S/C27H23N7O2S2/c1-28-25-9-8-24(37-25)26-22(16-31-32-26)18-6-7-23-21(14-18)27(30-17-29-23)34-12-10-33(11-13-34)19-4-3-5-20(15-19)38(2,35)36/h3-9,14-17H,10-13H2,2H3,(H,31,32). The molecule has 11 heteroatoms. The Morgan fingerprint density at radius 2 is 1.82 bits per heavy atom. The highest BCUT2D eigenvalue weighted by atomic mass is 32.2. The van der Waals surface area contributed by atoms with E-state index in [-0.39, 0.29) is 0 Å². The minimum Gasteiger partial charge on any atom is -0.368 e. The molecule has 0 atom stereocenters. The normalized spacial score (nSPS) is 14.1. The van der Waals surface area contributed by atoms with E-state index in [0.29, 0.717) is 9.90 Å². The van der Waals surface area contributed by atoms with E-state index in [1.54, 1.807) is 30.7 Å². The average molecular weight is 542 g/mol. The molecule has 1 aliphatic rings. The molecule has 9 nitrogen and oxygen atoms in total. The minimum absolute atomic E-state index is 0.332. The molecule has 1 N–H and O–H groups in total. The van der Waals surface area contributed by atoms with Gasteiger partial charge in [-0.1, -0.05) is 18.2 Å². The molecule has 1 aliphatic heterocycles. The molecule has 0 amide bonds. The highest BCUT2D eigenvalue weighted by Gasteiger charge is 2.22. The lowest BCUT2D eigenvalue weighted by Crippen LogP contribution is -2.47. The molecule has 2 aromatic carbocycles. The number of H-pyrrole nitrogens is 1. The van der Waals surface area contributed by atoms with E-state index in [1.165, 1.54) is 17.6 Å². The second-order valence-corrected chi connectivity index (χ2v) is 12.2. The molecule has 5 aromatic rings. The number of aromatic nitrogens is 4. The van der Waals surface area contributed by atoms with E-state index in [1.807, 2.05) is 30.3 Å². The van der Waals surface area contributed by atoms with Gasteiger partial charge < -0.3 is 9.80 Å². The maximum absolute atomic E-state index is 12.0. The number of nitrogens with zero attached hydrogens (tertiary/aromatic N) is 6. The molecule has 38 heavy (non-hydrogen) atoms. The van der Waals surface area contributed by atoms with Gasteiger partial charge in [-0.3, -0.25) is 5.10 Å². The molecule has 0 unspecified atom stereocenters. The predicted molar refractivity (Wildman–Crippen MR) is 151 cm³/mol. The Balaban J connectivity index is 1.29. The van der Waals surface area contributed by atoms with Gasteiger partial charge in [0.25, 0.3) is 0 Å². The Morgan fingerprint density at radius 1 is 1.00 bits per heavy atom. The third-order valence-corrected chi connectivity index (χ3v) is 8.81. The van der Waals surface area contributed by atoms with E-state index >= 15 is 0 Å². The summed E-state index contributed by atoms with van der Waals surface area (Å²) in [5, 5.41) is 8.96. The topological polar surface area (TPSA) is 99.4 Å². The van der Waals surface area contributed by atoms with Gasteiger partial charge in [0.15, 0.2) is 9.84 Å². The zero-order valence-electron chi connectivity index (χ0n) is 20.5. The zero-order valence-corrected chi connectivity index (χ0v) is 22.1. The van der Waals surface area contributed by atoms with Crippen molar-refractivity contribution in [3.05, 3.63) is 78.5 Å². The first-order valence-corrected chi connectivity index (χ1v) is 14.7. The van der Waals surface area contributed by atoms with Gasteiger partial charge in [-0.2, -0.15) is 16.4 Å². The van der Waals surface area contributed by atoms with Crippen LogP contribution in [-0.4, -0.2) is 61.0 Å². The van der Waals surface area contributed by atoms with Crippen LogP contribution in [0.15, 0.2) is 72.0 Å². The maximum Gasteiger partial charge on any atom is 0.241 e. The first kappa shape index (κ1) is 24.1. The van der Waals surface area contributed by atoms with Crippen LogP contribution < -0.4 is 9.80 Å². The fraction of sp³-hybridized carbons (Fsp3) is 0.185. The third kappa shape index (κ3) is 4.49. The van der Waals surface area contributed by atoms with Crippen molar-refractivity contribution in [2.24, 2.45) is 0 Å². The predicted octanol–water partition coefficient (Wildman–Crippen LogP) is 5.03. The molecule has 0 aliphatic carbocycles. The van der Waals surface area contributed by atoms with Crippen molar-refractivity contribution in [2.45, 2.75) is 4.90 Å². The number of rotatable bonds is 5. The van der Waals surface area contributed by atoms with Crippen molar-refractivity contribution < 1.29 is 8.42 Å². The van der Waals surface area contributed by atoms with Gasteiger partial charge in [0.2, 0.25) is 5.00 Å². The van der Waals surface area contributed by atoms with Crippen LogP contribution in [0.2, 0.25) is 0 Å². The fourth-order valence-electron chi connectivity index (χ4n) is 4.76. The number of benzene rings is 2. The van der Waals surface area contributed by atoms with Crippen molar-refractivity contribution in [3.63, 3.8) is 0 Å². The number of fused-ring (bicyclic) bond motifs is 1. The second-order valence-electron chi connectivity index (χ2n) is 9.08. The summed E-state index contributed by atoms with van der Waals surface area (Å²) in [5.74, 6) is 0.873. The van der Waals surface area contributed by atoms with E-state index in [0.717, 1.165) is 70.3 Å². The molecule has 0 saturated carbocycles. The number of sulfone groups is 1. The van der Waals surface area contributed by atoms with Gasteiger partial charge in [0.05, 0.1) is 28.9 Å². The molecule has 0 radical (unpaired) electrons.